The predicted octanol–water partition coefficient (Wildman–Crippen LogP) is 1.04. The molecule has 0 aromatic heterocycles. The van der Waals surface area contributed by atoms with Crippen molar-refractivity contribution in [3.8, 4) is 0 Å². The van der Waals surface area contributed by atoms with E-state index in [9.17, 15) is 4.79 Å². The fourth-order valence-electron chi connectivity index (χ4n) is 2.16. The molecule has 0 aliphatic carbocycles. The number of urea groups is 1. The van der Waals surface area contributed by atoms with E-state index in [2.05, 4.69) is 24.5 Å². The summed E-state index contributed by atoms with van der Waals surface area (Å²) in [6.07, 6.45) is 1.06. The van der Waals surface area contributed by atoms with Crippen LogP contribution < -0.4 is 10.6 Å². The first-order chi connectivity index (χ1) is 7.19. The molecule has 2 amide bonds. The number of amides is 2. The molecule has 2 N–H and O–H groups in total. The fourth-order valence-corrected chi connectivity index (χ4v) is 2.16. The highest BCUT2D eigenvalue weighted by Crippen LogP contribution is 2.16. The van der Waals surface area contributed by atoms with Crippen molar-refractivity contribution in [2.24, 2.45) is 5.92 Å². The normalized spacial score (nSPS) is 26.5. The topological polar surface area (TPSA) is 44.4 Å². The number of hydrogen-bond donors (Lipinski definition) is 2. The van der Waals surface area contributed by atoms with Crippen LogP contribution in [-0.2, 0) is 0 Å². The van der Waals surface area contributed by atoms with Gasteiger partial charge in [-0.3, -0.25) is 0 Å². The van der Waals surface area contributed by atoms with Crippen LogP contribution in [0.4, 0.5) is 4.79 Å². The van der Waals surface area contributed by atoms with Gasteiger partial charge in [0.2, 0.25) is 0 Å². The molecule has 88 valence electrons. The molecule has 1 aliphatic rings. The van der Waals surface area contributed by atoms with Crippen LogP contribution >= 0.6 is 0 Å². The molecule has 0 bridgehead atoms. The first-order valence-electron chi connectivity index (χ1n) is 5.95. The molecule has 1 heterocycles. The lowest BCUT2D eigenvalue weighted by atomic mass is 9.94. The first-order valence-corrected chi connectivity index (χ1v) is 5.95. The van der Waals surface area contributed by atoms with Crippen molar-refractivity contribution >= 4 is 6.03 Å². The Morgan fingerprint density at radius 1 is 1.40 bits per heavy atom. The second-order valence-electron chi connectivity index (χ2n) is 4.21. The van der Waals surface area contributed by atoms with Crippen LogP contribution in [0.3, 0.4) is 0 Å². The minimum atomic E-state index is 0.0827. The molecule has 1 rings (SSSR count). The summed E-state index contributed by atoms with van der Waals surface area (Å²) in [6.45, 7) is 9.74. The molecule has 2 atom stereocenters. The number of carbonyl (C=O) groups excluding carboxylic acids is 1. The van der Waals surface area contributed by atoms with Gasteiger partial charge in [-0.25, -0.2) is 4.79 Å². The summed E-state index contributed by atoms with van der Waals surface area (Å²) in [6, 6.07) is 0.653. The molecular weight excluding hydrogens is 190 g/mol. The molecule has 0 radical (unpaired) electrons. The molecule has 0 aromatic carbocycles. The van der Waals surface area contributed by atoms with E-state index in [1.807, 2.05) is 11.8 Å². The van der Waals surface area contributed by atoms with Gasteiger partial charge in [0.05, 0.1) is 0 Å². The van der Waals surface area contributed by atoms with Crippen molar-refractivity contribution < 1.29 is 4.79 Å². The molecule has 0 saturated carbocycles. The van der Waals surface area contributed by atoms with E-state index in [4.69, 9.17) is 0 Å². The largest absolute Gasteiger partial charge is 0.338 e. The lowest BCUT2D eigenvalue weighted by molar-refractivity contribution is 0.151. The van der Waals surface area contributed by atoms with E-state index >= 15 is 0 Å². The molecule has 15 heavy (non-hydrogen) atoms. The number of hydrogen-bond acceptors (Lipinski definition) is 2. The van der Waals surface area contributed by atoms with Gasteiger partial charge in [-0.2, -0.15) is 0 Å². The Hall–Kier alpha value is -0.770. The second kappa shape index (κ2) is 5.95. The Morgan fingerprint density at radius 3 is 2.67 bits per heavy atom. The van der Waals surface area contributed by atoms with Gasteiger partial charge in [-0.15, -0.1) is 0 Å². The zero-order valence-electron chi connectivity index (χ0n) is 10.0. The minimum absolute atomic E-state index is 0.0827. The highest BCUT2D eigenvalue weighted by molar-refractivity contribution is 5.74. The van der Waals surface area contributed by atoms with Gasteiger partial charge < -0.3 is 15.5 Å². The van der Waals surface area contributed by atoms with Crippen LogP contribution in [0.15, 0.2) is 0 Å². The molecule has 4 nitrogen and oxygen atoms in total. The van der Waals surface area contributed by atoms with Crippen molar-refractivity contribution in [1.82, 2.24) is 15.5 Å². The molecule has 1 aliphatic heterocycles. The fraction of sp³-hybridized carbons (Fsp3) is 0.909. The summed E-state index contributed by atoms with van der Waals surface area (Å²) in [5, 5.41) is 6.32. The lowest BCUT2D eigenvalue weighted by Crippen LogP contribution is -2.52. The second-order valence-corrected chi connectivity index (χ2v) is 4.21. The number of rotatable bonds is 3. The summed E-state index contributed by atoms with van der Waals surface area (Å²) in [4.78, 5) is 13.5. The van der Waals surface area contributed by atoms with Gasteiger partial charge >= 0.3 is 6.03 Å². The maximum absolute atomic E-state index is 11.6. The van der Waals surface area contributed by atoms with Gasteiger partial charge in [-0.1, -0.05) is 13.8 Å². The van der Waals surface area contributed by atoms with Crippen LogP contribution in [0.25, 0.3) is 0 Å². The van der Waals surface area contributed by atoms with Crippen LogP contribution in [0, 0.1) is 5.92 Å². The van der Waals surface area contributed by atoms with Crippen LogP contribution in [0.2, 0.25) is 0 Å². The van der Waals surface area contributed by atoms with E-state index in [1.165, 1.54) is 0 Å². The maximum atomic E-state index is 11.6. The lowest BCUT2D eigenvalue weighted by Gasteiger charge is -2.37. The smallest absolute Gasteiger partial charge is 0.317 e. The number of nitrogens with zero attached hydrogens (tertiary/aromatic N) is 1. The first kappa shape index (κ1) is 12.3. The van der Waals surface area contributed by atoms with E-state index in [-0.39, 0.29) is 6.03 Å². The van der Waals surface area contributed by atoms with Crippen molar-refractivity contribution in [2.45, 2.75) is 33.2 Å². The third-order valence-corrected chi connectivity index (χ3v) is 2.99. The Kier molecular flexibility index (Phi) is 4.88. The standard InChI is InChI=1S/C11H23N3O/c1-4-12-10-6-7-14(8-9(10)3)11(15)13-5-2/h9-10,12H,4-8H2,1-3H3,(H,13,15). The third-order valence-electron chi connectivity index (χ3n) is 2.99. The average Bonchev–Trinajstić information content (AvgIpc) is 2.21. The van der Waals surface area contributed by atoms with Gasteiger partial charge in [0.15, 0.2) is 0 Å². The summed E-state index contributed by atoms with van der Waals surface area (Å²) in [7, 11) is 0. The van der Waals surface area contributed by atoms with Crippen LogP contribution in [0.5, 0.6) is 0 Å². The molecule has 2 unspecified atom stereocenters. The minimum Gasteiger partial charge on any atom is -0.338 e. The van der Waals surface area contributed by atoms with E-state index < -0.39 is 0 Å². The summed E-state index contributed by atoms with van der Waals surface area (Å²) < 4.78 is 0. The maximum Gasteiger partial charge on any atom is 0.317 e. The zero-order valence-corrected chi connectivity index (χ0v) is 10.0. The van der Waals surface area contributed by atoms with Crippen molar-refractivity contribution in [3.05, 3.63) is 0 Å². The quantitative estimate of drug-likeness (QED) is 0.735. The van der Waals surface area contributed by atoms with Gasteiger partial charge in [0, 0.05) is 25.7 Å². The average molecular weight is 213 g/mol. The molecule has 4 heteroatoms. The van der Waals surface area contributed by atoms with E-state index in [1.54, 1.807) is 0 Å². The zero-order chi connectivity index (χ0) is 11.3. The van der Waals surface area contributed by atoms with Crippen LogP contribution in [0.1, 0.15) is 27.2 Å². The summed E-state index contributed by atoms with van der Waals surface area (Å²) in [5.74, 6) is 0.543. The Bertz CT molecular complexity index is 208. The molecular formula is C11H23N3O. The molecule has 0 aromatic rings. The van der Waals surface area contributed by atoms with Crippen LogP contribution in [-0.4, -0.2) is 43.2 Å². The van der Waals surface area contributed by atoms with E-state index in [0.717, 1.165) is 26.1 Å². The van der Waals surface area contributed by atoms with E-state index in [0.29, 0.717) is 18.5 Å². The molecule has 1 saturated heterocycles. The van der Waals surface area contributed by atoms with Gasteiger partial charge in [0.25, 0.3) is 0 Å². The Labute approximate surface area is 92.4 Å². The highest BCUT2D eigenvalue weighted by atomic mass is 16.2. The Balaban J connectivity index is 2.39. The number of likely N-dealkylation sites (tertiary alicyclic amines) is 1. The van der Waals surface area contributed by atoms with Gasteiger partial charge in [-0.05, 0) is 25.8 Å². The van der Waals surface area contributed by atoms with Gasteiger partial charge in [0.1, 0.15) is 0 Å². The van der Waals surface area contributed by atoms with Crippen molar-refractivity contribution in [3.63, 3.8) is 0 Å². The SMILES string of the molecule is CCNC(=O)N1CCC(NCC)C(C)C1. The Morgan fingerprint density at radius 2 is 2.13 bits per heavy atom. The molecule has 0 spiro atoms. The van der Waals surface area contributed by atoms with Crippen molar-refractivity contribution in [2.75, 3.05) is 26.2 Å². The third kappa shape index (κ3) is 3.38. The summed E-state index contributed by atoms with van der Waals surface area (Å²) >= 11 is 0. The van der Waals surface area contributed by atoms with Crippen molar-refractivity contribution in [1.29, 1.82) is 0 Å². The monoisotopic (exact) mass is 213 g/mol. The number of carbonyl (C=O) groups is 1. The summed E-state index contributed by atoms with van der Waals surface area (Å²) in [5.41, 5.74) is 0. The highest BCUT2D eigenvalue weighted by Gasteiger charge is 2.27. The molecule has 1 fully saturated rings. The number of nitrogens with one attached hydrogen (secondary N) is 2. The number of piperidine rings is 1. The predicted molar refractivity (Wildman–Crippen MR) is 61.9 cm³/mol.